The quantitative estimate of drug-likeness (QED) is 0.644. The average Bonchev–Trinajstić information content (AvgIpc) is 2.94. The van der Waals surface area contributed by atoms with Crippen LogP contribution in [0.5, 0.6) is 5.75 Å². The molecule has 1 saturated carbocycles. The molecule has 1 aliphatic carbocycles. The maximum atomic E-state index is 13.0. The summed E-state index contributed by atoms with van der Waals surface area (Å²) in [5.74, 6) is 1.56. The first kappa shape index (κ1) is 19.3. The summed E-state index contributed by atoms with van der Waals surface area (Å²) in [6.07, 6.45) is 7.81. The third-order valence-corrected chi connectivity index (χ3v) is 6.64. The number of fused-ring (bicyclic) bond motifs is 1. The Balaban J connectivity index is 1.31. The summed E-state index contributed by atoms with van der Waals surface area (Å²) in [7, 11) is 0. The van der Waals surface area contributed by atoms with E-state index in [1.54, 1.807) is 4.57 Å². The molecule has 156 valence electrons. The number of rotatable bonds is 4. The number of nitrogens with zero attached hydrogens (tertiary/aromatic N) is 3. The van der Waals surface area contributed by atoms with Gasteiger partial charge in [0.15, 0.2) is 0 Å². The van der Waals surface area contributed by atoms with Crippen LogP contribution in [0, 0.1) is 6.92 Å². The third-order valence-electron chi connectivity index (χ3n) is 6.64. The summed E-state index contributed by atoms with van der Waals surface area (Å²) in [6.45, 7) is 4.23. The highest BCUT2D eigenvalue weighted by molar-refractivity contribution is 5.77. The fourth-order valence-electron chi connectivity index (χ4n) is 4.74. The molecule has 5 rings (SSSR count). The highest BCUT2D eigenvalue weighted by Gasteiger charge is 2.27. The van der Waals surface area contributed by atoms with Crippen LogP contribution in [-0.4, -0.2) is 39.7 Å². The summed E-state index contributed by atoms with van der Waals surface area (Å²) in [6, 6.07) is 16.2. The first-order valence-electron chi connectivity index (χ1n) is 11.2. The average molecular weight is 404 g/mol. The van der Waals surface area contributed by atoms with E-state index in [1.807, 2.05) is 55.5 Å². The number of likely N-dealkylation sites (tertiary alicyclic amines) is 1. The molecular formula is C25H29N3O2. The molecule has 1 aromatic heterocycles. The fourth-order valence-corrected chi connectivity index (χ4v) is 4.74. The van der Waals surface area contributed by atoms with Crippen LogP contribution in [0.3, 0.4) is 0 Å². The number of para-hydroxylation sites is 1. The largest absolute Gasteiger partial charge is 0.490 e. The minimum atomic E-state index is -0.0355. The molecule has 30 heavy (non-hydrogen) atoms. The predicted octanol–water partition coefficient (Wildman–Crippen LogP) is 4.48. The van der Waals surface area contributed by atoms with Gasteiger partial charge in [-0.05, 0) is 82.0 Å². The molecule has 0 spiro atoms. The number of ether oxygens (including phenoxy) is 1. The number of benzene rings is 2. The molecule has 0 bridgehead atoms. The SMILES string of the molecule is Cc1nc2ccccc2c(=O)n1-c1ccc(OC2CCCN(C3CCC3)CC2)cc1. The van der Waals surface area contributed by atoms with Crippen molar-refractivity contribution in [3.05, 3.63) is 64.7 Å². The summed E-state index contributed by atoms with van der Waals surface area (Å²) in [4.78, 5) is 20.3. The Labute approximate surface area is 177 Å². The van der Waals surface area contributed by atoms with E-state index in [9.17, 15) is 4.79 Å². The monoisotopic (exact) mass is 403 g/mol. The summed E-state index contributed by atoms with van der Waals surface area (Å²) < 4.78 is 7.98. The van der Waals surface area contributed by atoms with Gasteiger partial charge in [-0.2, -0.15) is 0 Å². The molecule has 5 heteroatoms. The molecule has 1 aliphatic heterocycles. The fraction of sp³-hybridized carbons (Fsp3) is 0.440. The Morgan fingerprint density at radius 2 is 1.73 bits per heavy atom. The number of aromatic nitrogens is 2. The van der Waals surface area contributed by atoms with Crippen molar-refractivity contribution in [3.63, 3.8) is 0 Å². The molecule has 0 amide bonds. The minimum Gasteiger partial charge on any atom is -0.490 e. The molecule has 5 nitrogen and oxygen atoms in total. The second-order valence-electron chi connectivity index (χ2n) is 8.60. The molecule has 2 heterocycles. The molecular weight excluding hydrogens is 374 g/mol. The molecule has 1 atom stereocenters. The molecule has 1 unspecified atom stereocenters. The summed E-state index contributed by atoms with van der Waals surface area (Å²) in [5.41, 5.74) is 1.52. The predicted molar refractivity (Wildman–Crippen MR) is 120 cm³/mol. The third kappa shape index (κ3) is 3.74. The van der Waals surface area contributed by atoms with Gasteiger partial charge in [-0.3, -0.25) is 9.36 Å². The highest BCUT2D eigenvalue weighted by atomic mass is 16.5. The van der Waals surface area contributed by atoms with Crippen molar-refractivity contribution in [3.8, 4) is 11.4 Å². The topological polar surface area (TPSA) is 47.4 Å². The van der Waals surface area contributed by atoms with Crippen LogP contribution in [0.1, 0.15) is 44.3 Å². The van der Waals surface area contributed by atoms with Crippen LogP contribution in [0.2, 0.25) is 0 Å². The van der Waals surface area contributed by atoms with Crippen molar-refractivity contribution < 1.29 is 4.74 Å². The summed E-state index contributed by atoms with van der Waals surface area (Å²) >= 11 is 0. The maximum absolute atomic E-state index is 13.0. The van der Waals surface area contributed by atoms with Crippen molar-refractivity contribution in [2.24, 2.45) is 0 Å². The van der Waals surface area contributed by atoms with E-state index in [0.717, 1.165) is 42.4 Å². The zero-order chi connectivity index (χ0) is 20.5. The van der Waals surface area contributed by atoms with Crippen LogP contribution < -0.4 is 10.3 Å². The van der Waals surface area contributed by atoms with Gasteiger partial charge in [-0.15, -0.1) is 0 Å². The van der Waals surface area contributed by atoms with Crippen LogP contribution in [0.4, 0.5) is 0 Å². The minimum absolute atomic E-state index is 0.0355. The zero-order valence-electron chi connectivity index (χ0n) is 17.6. The molecule has 1 saturated heterocycles. The van der Waals surface area contributed by atoms with Gasteiger partial charge < -0.3 is 9.64 Å². The van der Waals surface area contributed by atoms with E-state index >= 15 is 0 Å². The number of hydrogen-bond donors (Lipinski definition) is 0. The van der Waals surface area contributed by atoms with Crippen molar-refractivity contribution in [2.75, 3.05) is 13.1 Å². The normalized spacial score (nSPS) is 20.6. The lowest BCUT2D eigenvalue weighted by molar-refractivity contribution is 0.123. The van der Waals surface area contributed by atoms with Gasteiger partial charge in [0.1, 0.15) is 11.6 Å². The second kappa shape index (κ2) is 8.23. The Morgan fingerprint density at radius 3 is 2.50 bits per heavy atom. The van der Waals surface area contributed by atoms with Gasteiger partial charge in [0.05, 0.1) is 22.7 Å². The van der Waals surface area contributed by atoms with E-state index in [0.29, 0.717) is 11.2 Å². The van der Waals surface area contributed by atoms with Crippen LogP contribution in [0.15, 0.2) is 53.3 Å². The van der Waals surface area contributed by atoms with E-state index < -0.39 is 0 Å². The summed E-state index contributed by atoms with van der Waals surface area (Å²) in [5, 5.41) is 0.637. The van der Waals surface area contributed by atoms with Crippen LogP contribution >= 0.6 is 0 Å². The van der Waals surface area contributed by atoms with E-state index in [-0.39, 0.29) is 11.7 Å². The highest BCUT2D eigenvalue weighted by Crippen LogP contribution is 2.28. The molecule has 0 N–H and O–H groups in total. The van der Waals surface area contributed by atoms with Crippen molar-refractivity contribution in [1.82, 2.24) is 14.5 Å². The molecule has 0 radical (unpaired) electrons. The van der Waals surface area contributed by atoms with Gasteiger partial charge >= 0.3 is 0 Å². The van der Waals surface area contributed by atoms with Gasteiger partial charge in [-0.1, -0.05) is 18.6 Å². The van der Waals surface area contributed by atoms with E-state index in [2.05, 4.69) is 9.88 Å². The lowest BCUT2D eigenvalue weighted by atomic mass is 9.91. The Hall–Kier alpha value is -2.66. The molecule has 2 aliphatic rings. The Kier molecular flexibility index (Phi) is 5.30. The molecule has 3 aromatic rings. The van der Waals surface area contributed by atoms with Crippen LogP contribution in [0.25, 0.3) is 16.6 Å². The van der Waals surface area contributed by atoms with Gasteiger partial charge in [0, 0.05) is 12.6 Å². The van der Waals surface area contributed by atoms with Crippen molar-refractivity contribution in [2.45, 2.75) is 57.6 Å². The second-order valence-corrected chi connectivity index (χ2v) is 8.60. The van der Waals surface area contributed by atoms with E-state index in [4.69, 9.17) is 4.74 Å². The zero-order valence-corrected chi connectivity index (χ0v) is 17.6. The Bertz CT molecular complexity index is 1090. The van der Waals surface area contributed by atoms with Gasteiger partial charge in [0.25, 0.3) is 5.56 Å². The standard InChI is InChI=1S/C25H29N3O2/c1-18-26-24-10-3-2-9-23(24)25(29)28(18)20-11-13-22(14-12-20)30-21-8-5-16-27(17-15-21)19-6-4-7-19/h2-3,9-14,19,21H,4-8,15-17H2,1H3. The van der Waals surface area contributed by atoms with Crippen molar-refractivity contribution >= 4 is 10.9 Å². The molecule has 2 aromatic carbocycles. The van der Waals surface area contributed by atoms with Gasteiger partial charge in [-0.25, -0.2) is 4.98 Å². The maximum Gasteiger partial charge on any atom is 0.265 e. The lowest BCUT2D eigenvalue weighted by Gasteiger charge is -2.36. The first-order chi connectivity index (χ1) is 14.7. The lowest BCUT2D eigenvalue weighted by Crippen LogP contribution is -2.40. The number of hydrogen-bond acceptors (Lipinski definition) is 4. The molecule has 2 fully saturated rings. The Morgan fingerprint density at radius 1 is 0.933 bits per heavy atom. The number of aryl methyl sites for hydroxylation is 1. The smallest absolute Gasteiger partial charge is 0.265 e. The van der Waals surface area contributed by atoms with Crippen LogP contribution in [-0.2, 0) is 0 Å². The van der Waals surface area contributed by atoms with Crippen molar-refractivity contribution in [1.29, 1.82) is 0 Å². The first-order valence-corrected chi connectivity index (χ1v) is 11.2. The van der Waals surface area contributed by atoms with E-state index in [1.165, 1.54) is 32.2 Å². The van der Waals surface area contributed by atoms with Gasteiger partial charge in [0.2, 0.25) is 0 Å².